The van der Waals surface area contributed by atoms with Crippen molar-refractivity contribution in [2.24, 2.45) is 5.92 Å². The predicted molar refractivity (Wildman–Crippen MR) is 79.3 cm³/mol. The van der Waals surface area contributed by atoms with Crippen molar-refractivity contribution in [3.8, 4) is 0 Å². The Morgan fingerprint density at radius 2 is 2.05 bits per heavy atom. The molecule has 19 heavy (non-hydrogen) atoms. The molecule has 0 radical (unpaired) electrons. The lowest BCUT2D eigenvalue weighted by Gasteiger charge is -2.21. The second-order valence-electron chi connectivity index (χ2n) is 4.75. The molecular weight excluding hydrogens is 238 g/mol. The highest BCUT2D eigenvalue weighted by Crippen LogP contribution is 2.13. The van der Waals surface area contributed by atoms with Gasteiger partial charge in [0.1, 0.15) is 0 Å². The number of para-hydroxylation sites is 1. The predicted octanol–water partition coefficient (Wildman–Crippen LogP) is 3.27. The number of ether oxygens (including phenoxy) is 1. The van der Waals surface area contributed by atoms with Crippen molar-refractivity contribution in [1.82, 2.24) is 0 Å². The summed E-state index contributed by atoms with van der Waals surface area (Å²) in [5, 5.41) is 0. The molecule has 104 valence electrons. The molecular formula is C16H23NO2. The highest BCUT2D eigenvalue weighted by molar-refractivity contribution is 5.65. The average molecular weight is 261 g/mol. The summed E-state index contributed by atoms with van der Waals surface area (Å²) in [6.45, 7) is 5.05. The Bertz CT molecular complexity index is 400. The lowest BCUT2D eigenvalue weighted by molar-refractivity contribution is -0.140. The van der Waals surface area contributed by atoms with E-state index in [2.05, 4.69) is 43.2 Å². The molecule has 0 spiro atoms. The summed E-state index contributed by atoms with van der Waals surface area (Å²) in [5.41, 5.74) is 1.22. The van der Waals surface area contributed by atoms with Gasteiger partial charge in [0, 0.05) is 26.2 Å². The molecule has 1 atom stereocenters. The minimum absolute atomic E-state index is 0.217. The van der Waals surface area contributed by atoms with Gasteiger partial charge in [-0.3, -0.25) is 4.79 Å². The molecule has 1 aromatic rings. The Balaban J connectivity index is 2.28. The van der Waals surface area contributed by atoms with Crippen molar-refractivity contribution < 1.29 is 9.53 Å². The third kappa shape index (κ3) is 6.65. The van der Waals surface area contributed by atoms with Crippen LogP contribution in [0.4, 0.5) is 5.69 Å². The summed E-state index contributed by atoms with van der Waals surface area (Å²) in [6.07, 6.45) is 5.02. The monoisotopic (exact) mass is 261 g/mol. The molecule has 0 aliphatic carbocycles. The summed E-state index contributed by atoms with van der Waals surface area (Å²) in [5.74, 6) is 0.243. The van der Waals surface area contributed by atoms with E-state index in [1.807, 2.05) is 18.2 Å². The topological polar surface area (TPSA) is 29.5 Å². The maximum Gasteiger partial charge on any atom is 0.302 e. The summed E-state index contributed by atoms with van der Waals surface area (Å²) >= 11 is 0. The Morgan fingerprint density at radius 1 is 1.37 bits per heavy atom. The van der Waals surface area contributed by atoms with E-state index >= 15 is 0 Å². The first-order valence-electron chi connectivity index (χ1n) is 6.66. The zero-order valence-corrected chi connectivity index (χ0v) is 12.0. The third-order valence-electron chi connectivity index (χ3n) is 2.81. The zero-order valence-electron chi connectivity index (χ0n) is 12.0. The molecule has 0 bridgehead atoms. The SMILES string of the molecule is CC(=O)OCC/C=C/[C@@H](C)CN(C)c1ccccc1. The highest BCUT2D eigenvalue weighted by Gasteiger charge is 2.03. The van der Waals surface area contributed by atoms with Gasteiger partial charge in [0.25, 0.3) is 0 Å². The first-order valence-corrected chi connectivity index (χ1v) is 6.66. The van der Waals surface area contributed by atoms with Gasteiger partial charge in [0.05, 0.1) is 6.61 Å². The molecule has 0 aliphatic heterocycles. The minimum Gasteiger partial charge on any atom is -0.466 e. The fraction of sp³-hybridized carbons (Fsp3) is 0.438. The van der Waals surface area contributed by atoms with Gasteiger partial charge in [0.2, 0.25) is 0 Å². The normalized spacial score (nSPS) is 12.4. The number of benzene rings is 1. The Morgan fingerprint density at radius 3 is 2.68 bits per heavy atom. The van der Waals surface area contributed by atoms with Crippen molar-refractivity contribution in [3.63, 3.8) is 0 Å². The van der Waals surface area contributed by atoms with E-state index in [-0.39, 0.29) is 5.97 Å². The molecule has 0 unspecified atom stereocenters. The van der Waals surface area contributed by atoms with E-state index in [0.717, 1.165) is 13.0 Å². The van der Waals surface area contributed by atoms with Crippen LogP contribution in [0.25, 0.3) is 0 Å². The van der Waals surface area contributed by atoms with E-state index in [1.54, 1.807) is 0 Å². The van der Waals surface area contributed by atoms with E-state index in [9.17, 15) is 4.79 Å². The van der Waals surface area contributed by atoms with Crippen molar-refractivity contribution >= 4 is 11.7 Å². The number of carbonyl (C=O) groups excluding carboxylic acids is 1. The van der Waals surface area contributed by atoms with Gasteiger partial charge in [0.15, 0.2) is 0 Å². The van der Waals surface area contributed by atoms with Gasteiger partial charge in [-0.05, 0) is 24.5 Å². The van der Waals surface area contributed by atoms with Gasteiger partial charge >= 0.3 is 5.97 Å². The van der Waals surface area contributed by atoms with E-state index < -0.39 is 0 Å². The third-order valence-corrected chi connectivity index (χ3v) is 2.81. The number of esters is 1. The summed E-state index contributed by atoms with van der Waals surface area (Å²) < 4.78 is 4.87. The Kier molecular flexibility index (Phi) is 6.72. The molecule has 0 aromatic heterocycles. The quantitative estimate of drug-likeness (QED) is 0.428. The molecule has 0 fully saturated rings. The van der Waals surface area contributed by atoms with E-state index in [0.29, 0.717) is 12.5 Å². The first kappa shape index (κ1) is 15.3. The van der Waals surface area contributed by atoms with Crippen LogP contribution in [0.1, 0.15) is 20.3 Å². The standard InChI is InChI=1S/C16H23NO2/c1-14(9-7-8-12-19-15(2)18)13-17(3)16-10-5-4-6-11-16/h4-7,9-11,14H,8,12-13H2,1-3H3/b9-7+/t14-/m1/s1. The van der Waals surface area contributed by atoms with Crippen LogP contribution in [0, 0.1) is 5.92 Å². The second-order valence-corrected chi connectivity index (χ2v) is 4.75. The van der Waals surface area contributed by atoms with Crippen molar-refractivity contribution in [2.45, 2.75) is 20.3 Å². The summed E-state index contributed by atoms with van der Waals surface area (Å²) in [6, 6.07) is 10.3. The Labute approximate surface area is 115 Å². The maximum absolute atomic E-state index is 10.6. The van der Waals surface area contributed by atoms with Crippen LogP contribution >= 0.6 is 0 Å². The van der Waals surface area contributed by atoms with Crippen LogP contribution in [-0.4, -0.2) is 26.2 Å². The average Bonchev–Trinajstić information content (AvgIpc) is 2.39. The van der Waals surface area contributed by atoms with Crippen LogP contribution in [0.15, 0.2) is 42.5 Å². The molecule has 0 saturated carbocycles. The van der Waals surface area contributed by atoms with Gasteiger partial charge in [-0.2, -0.15) is 0 Å². The molecule has 3 heteroatoms. The molecule has 1 aromatic carbocycles. The highest BCUT2D eigenvalue weighted by atomic mass is 16.5. The molecule has 0 N–H and O–H groups in total. The van der Waals surface area contributed by atoms with Gasteiger partial charge in [-0.1, -0.05) is 37.3 Å². The summed E-state index contributed by atoms with van der Waals surface area (Å²) in [4.78, 5) is 12.8. The largest absolute Gasteiger partial charge is 0.466 e. The Hall–Kier alpha value is -1.77. The molecule has 0 amide bonds. The van der Waals surface area contributed by atoms with E-state index in [4.69, 9.17) is 4.74 Å². The number of rotatable bonds is 7. The maximum atomic E-state index is 10.6. The number of hydrogen-bond donors (Lipinski definition) is 0. The van der Waals surface area contributed by atoms with Gasteiger partial charge in [-0.15, -0.1) is 0 Å². The van der Waals surface area contributed by atoms with Gasteiger partial charge < -0.3 is 9.64 Å². The van der Waals surface area contributed by atoms with Gasteiger partial charge in [-0.25, -0.2) is 0 Å². The summed E-state index contributed by atoms with van der Waals surface area (Å²) in [7, 11) is 2.10. The lowest BCUT2D eigenvalue weighted by atomic mass is 10.1. The lowest BCUT2D eigenvalue weighted by Crippen LogP contribution is -2.22. The molecule has 0 aliphatic rings. The van der Waals surface area contributed by atoms with Crippen molar-refractivity contribution in [2.75, 3.05) is 25.1 Å². The first-order chi connectivity index (χ1) is 9.09. The van der Waals surface area contributed by atoms with Crippen LogP contribution < -0.4 is 4.90 Å². The second kappa shape index (κ2) is 8.35. The van der Waals surface area contributed by atoms with Crippen LogP contribution in [0.5, 0.6) is 0 Å². The molecule has 0 heterocycles. The molecule has 1 rings (SSSR count). The zero-order chi connectivity index (χ0) is 14.1. The van der Waals surface area contributed by atoms with Crippen LogP contribution in [-0.2, 0) is 9.53 Å². The van der Waals surface area contributed by atoms with Crippen molar-refractivity contribution in [1.29, 1.82) is 0 Å². The number of carbonyl (C=O) groups is 1. The van der Waals surface area contributed by atoms with Crippen LogP contribution in [0.2, 0.25) is 0 Å². The fourth-order valence-electron chi connectivity index (χ4n) is 1.88. The number of anilines is 1. The fourth-order valence-corrected chi connectivity index (χ4v) is 1.88. The van der Waals surface area contributed by atoms with Crippen LogP contribution in [0.3, 0.4) is 0 Å². The van der Waals surface area contributed by atoms with E-state index in [1.165, 1.54) is 12.6 Å². The smallest absolute Gasteiger partial charge is 0.302 e. The molecule has 0 saturated heterocycles. The van der Waals surface area contributed by atoms with Crippen molar-refractivity contribution in [3.05, 3.63) is 42.5 Å². The molecule has 3 nitrogen and oxygen atoms in total. The number of nitrogens with zero attached hydrogens (tertiary/aromatic N) is 1. The minimum atomic E-state index is -0.217. The number of hydrogen-bond acceptors (Lipinski definition) is 3.